The lowest BCUT2D eigenvalue weighted by Gasteiger charge is -2.14. The van der Waals surface area contributed by atoms with Crippen LogP contribution in [0.5, 0.6) is 5.75 Å². The van der Waals surface area contributed by atoms with Gasteiger partial charge in [-0.25, -0.2) is 0 Å². The SMILES string of the molecule is CC(=O)C(C)Oc1ccc(Cl)c(C)c1Cl. The van der Waals surface area contributed by atoms with Gasteiger partial charge in [0.05, 0.1) is 5.02 Å². The summed E-state index contributed by atoms with van der Waals surface area (Å²) in [6.45, 7) is 4.96. The monoisotopic (exact) mass is 246 g/mol. The van der Waals surface area contributed by atoms with Gasteiger partial charge in [-0.05, 0) is 38.5 Å². The summed E-state index contributed by atoms with van der Waals surface area (Å²) in [6.07, 6.45) is -0.497. The fraction of sp³-hybridized carbons (Fsp3) is 0.364. The molecule has 1 unspecified atom stereocenters. The maximum absolute atomic E-state index is 11.0. The Morgan fingerprint density at radius 2 is 2.00 bits per heavy atom. The third-order valence-corrected chi connectivity index (χ3v) is 3.04. The first-order chi connectivity index (χ1) is 6.93. The highest BCUT2D eigenvalue weighted by atomic mass is 35.5. The molecular weight excluding hydrogens is 235 g/mol. The van der Waals surface area contributed by atoms with Crippen LogP contribution in [-0.4, -0.2) is 11.9 Å². The molecule has 0 heterocycles. The molecule has 0 aliphatic rings. The highest BCUT2D eigenvalue weighted by molar-refractivity contribution is 6.36. The van der Waals surface area contributed by atoms with Crippen molar-refractivity contribution in [2.45, 2.75) is 26.9 Å². The number of carbonyl (C=O) groups excluding carboxylic acids is 1. The molecule has 0 aromatic heterocycles. The van der Waals surface area contributed by atoms with Gasteiger partial charge in [0.2, 0.25) is 0 Å². The molecule has 2 nitrogen and oxygen atoms in total. The van der Waals surface area contributed by atoms with Gasteiger partial charge in [0, 0.05) is 5.02 Å². The predicted octanol–water partition coefficient (Wildman–Crippen LogP) is 3.66. The first-order valence-corrected chi connectivity index (χ1v) is 5.30. The maximum atomic E-state index is 11.0. The molecule has 0 saturated carbocycles. The summed E-state index contributed by atoms with van der Waals surface area (Å²) in [5, 5.41) is 1.04. The van der Waals surface area contributed by atoms with Crippen LogP contribution in [0.1, 0.15) is 19.4 Å². The number of hydrogen-bond acceptors (Lipinski definition) is 2. The molecule has 1 aromatic carbocycles. The van der Waals surface area contributed by atoms with E-state index in [0.29, 0.717) is 15.8 Å². The summed E-state index contributed by atoms with van der Waals surface area (Å²) in [5.41, 5.74) is 0.756. The van der Waals surface area contributed by atoms with Gasteiger partial charge in [0.15, 0.2) is 11.9 Å². The average molecular weight is 247 g/mol. The lowest BCUT2D eigenvalue weighted by atomic mass is 10.2. The molecule has 0 fully saturated rings. The molecule has 0 radical (unpaired) electrons. The van der Waals surface area contributed by atoms with E-state index in [4.69, 9.17) is 27.9 Å². The van der Waals surface area contributed by atoms with Crippen LogP contribution in [0.4, 0.5) is 0 Å². The van der Waals surface area contributed by atoms with Crippen molar-refractivity contribution in [3.05, 3.63) is 27.7 Å². The van der Waals surface area contributed by atoms with Crippen molar-refractivity contribution in [2.75, 3.05) is 0 Å². The van der Waals surface area contributed by atoms with E-state index in [9.17, 15) is 4.79 Å². The number of rotatable bonds is 3. The summed E-state index contributed by atoms with van der Waals surface area (Å²) in [4.78, 5) is 11.0. The predicted molar refractivity (Wildman–Crippen MR) is 62.0 cm³/mol. The zero-order chi connectivity index (χ0) is 11.6. The Morgan fingerprint density at radius 1 is 1.40 bits per heavy atom. The Kier molecular flexibility index (Phi) is 4.00. The third-order valence-electron chi connectivity index (χ3n) is 2.16. The average Bonchev–Trinajstić information content (AvgIpc) is 2.18. The van der Waals surface area contributed by atoms with Crippen molar-refractivity contribution in [1.82, 2.24) is 0 Å². The van der Waals surface area contributed by atoms with Crippen molar-refractivity contribution in [3.8, 4) is 5.75 Å². The summed E-state index contributed by atoms with van der Waals surface area (Å²) >= 11 is 11.9. The summed E-state index contributed by atoms with van der Waals surface area (Å²) < 4.78 is 5.40. The number of ether oxygens (including phenoxy) is 1. The molecule has 0 amide bonds. The number of ketones is 1. The van der Waals surface area contributed by atoms with Crippen LogP contribution in [0.3, 0.4) is 0 Å². The molecule has 1 rings (SSSR count). The summed E-state index contributed by atoms with van der Waals surface area (Å²) in [7, 11) is 0. The van der Waals surface area contributed by atoms with Crippen LogP contribution < -0.4 is 4.74 Å². The van der Waals surface area contributed by atoms with E-state index in [-0.39, 0.29) is 5.78 Å². The number of benzene rings is 1. The van der Waals surface area contributed by atoms with Crippen molar-refractivity contribution >= 4 is 29.0 Å². The molecule has 4 heteroatoms. The Hall–Kier alpha value is -0.730. The normalized spacial score (nSPS) is 12.3. The smallest absolute Gasteiger partial charge is 0.169 e. The molecule has 0 saturated heterocycles. The van der Waals surface area contributed by atoms with Crippen LogP contribution in [0, 0.1) is 6.92 Å². The van der Waals surface area contributed by atoms with Crippen molar-refractivity contribution in [2.24, 2.45) is 0 Å². The minimum Gasteiger partial charge on any atom is -0.481 e. The molecule has 0 aliphatic carbocycles. The summed E-state index contributed by atoms with van der Waals surface area (Å²) in [5.74, 6) is 0.444. The fourth-order valence-electron chi connectivity index (χ4n) is 1.00. The fourth-order valence-corrected chi connectivity index (χ4v) is 1.42. The largest absolute Gasteiger partial charge is 0.481 e. The Bertz CT molecular complexity index is 388. The first-order valence-electron chi connectivity index (χ1n) is 4.55. The van der Waals surface area contributed by atoms with Crippen LogP contribution >= 0.6 is 23.2 Å². The minimum atomic E-state index is -0.497. The van der Waals surface area contributed by atoms with Gasteiger partial charge in [-0.1, -0.05) is 23.2 Å². The second-order valence-corrected chi connectivity index (χ2v) is 4.14. The van der Waals surface area contributed by atoms with Gasteiger partial charge in [-0.15, -0.1) is 0 Å². The molecule has 15 heavy (non-hydrogen) atoms. The van der Waals surface area contributed by atoms with Crippen molar-refractivity contribution in [1.29, 1.82) is 0 Å². The van der Waals surface area contributed by atoms with Crippen LogP contribution in [0.15, 0.2) is 12.1 Å². The lowest BCUT2D eigenvalue weighted by molar-refractivity contribution is -0.122. The zero-order valence-corrected chi connectivity index (χ0v) is 10.3. The van der Waals surface area contributed by atoms with E-state index in [0.717, 1.165) is 5.56 Å². The van der Waals surface area contributed by atoms with Crippen molar-refractivity contribution in [3.63, 3.8) is 0 Å². The van der Waals surface area contributed by atoms with E-state index in [1.54, 1.807) is 26.0 Å². The van der Waals surface area contributed by atoms with Gasteiger partial charge in [-0.3, -0.25) is 4.79 Å². The Morgan fingerprint density at radius 3 is 2.53 bits per heavy atom. The number of Topliss-reactive ketones (excluding diaryl/α,β-unsaturated/α-hetero) is 1. The molecule has 0 bridgehead atoms. The highest BCUT2D eigenvalue weighted by Gasteiger charge is 2.13. The third kappa shape index (κ3) is 2.86. The van der Waals surface area contributed by atoms with Gasteiger partial charge in [0.1, 0.15) is 5.75 Å². The molecule has 1 aromatic rings. The standard InChI is InChI=1S/C11H12Cl2O2/c1-6-9(12)4-5-10(11(6)13)15-8(3)7(2)14/h4-5,8H,1-3H3. The molecule has 0 N–H and O–H groups in total. The number of carbonyl (C=O) groups is 1. The Balaban J connectivity index is 2.97. The minimum absolute atomic E-state index is 0.0429. The van der Waals surface area contributed by atoms with E-state index in [2.05, 4.69) is 0 Å². The lowest BCUT2D eigenvalue weighted by Crippen LogP contribution is -2.20. The highest BCUT2D eigenvalue weighted by Crippen LogP contribution is 2.33. The number of hydrogen-bond donors (Lipinski definition) is 0. The first kappa shape index (κ1) is 12.3. The van der Waals surface area contributed by atoms with Gasteiger partial charge in [0.25, 0.3) is 0 Å². The van der Waals surface area contributed by atoms with Crippen LogP contribution in [-0.2, 0) is 4.79 Å². The quantitative estimate of drug-likeness (QED) is 0.814. The Labute approximate surface area is 99.1 Å². The summed E-state index contributed by atoms with van der Waals surface area (Å²) in [6, 6.07) is 3.36. The van der Waals surface area contributed by atoms with Crippen molar-refractivity contribution < 1.29 is 9.53 Å². The second-order valence-electron chi connectivity index (χ2n) is 3.36. The zero-order valence-electron chi connectivity index (χ0n) is 8.80. The van der Waals surface area contributed by atoms with E-state index in [1.807, 2.05) is 0 Å². The topological polar surface area (TPSA) is 26.3 Å². The van der Waals surface area contributed by atoms with Gasteiger partial charge in [-0.2, -0.15) is 0 Å². The molecule has 0 spiro atoms. The maximum Gasteiger partial charge on any atom is 0.169 e. The van der Waals surface area contributed by atoms with Crippen LogP contribution in [0.25, 0.3) is 0 Å². The molecule has 0 aliphatic heterocycles. The molecular formula is C11H12Cl2O2. The van der Waals surface area contributed by atoms with E-state index >= 15 is 0 Å². The number of halogens is 2. The van der Waals surface area contributed by atoms with Gasteiger partial charge < -0.3 is 4.74 Å². The van der Waals surface area contributed by atoms with E-state index < -0.39 is 6.10 Å². The molecule has 1 atom stereocenters. The van der Waals surface area contributed by atoms with Gasteiger partial charge >= 0.3 is 0 Å². The van der Waals surface area contributed by atoms with Crippen LogP contribution in [0.2, 0.25) is 10.0 Å². The second kappa shape index (κ2) is 4.86. The van der Waals surface area contributed by atoms with E-state index in [1.165, 1.54) is 6.92 Å². The molecule has 82 valence electrons.